The Bertz CT molecular complexity index is 539. The standard InChI is InChI=1S/C15H19N3OS/c1-3-13-15(19-7-1)14(18-6-2-5-16-18)10-17(13)9-12-4-8-20-11-12/h2,4-6,8,11,13-15H,1,3,7,9-10H2/t13-,14-,15+/m0/s1. The normalized spacial score (nSPS) is 30.5. The first-order valence-corrected chi connectivity index (χ1v) is 8.22. The number of nitrogens with zero attached hydrogens (tertiary/aromatic N) is 3. The Morgan fingerprint density at radius 1 is 1.40 bits per heavy atom. The van der Waals surface area contributed by atoms with E-state index in [1.807, 2.05) is 12.3 Å². The number of hydrogen-bond donors (Lipinski definition) is 0. The van der Waals surface area contributed by atoms with Crippen molar-refractivity contribution in [1.29, 1.82) is 0 Å². The summed E-state index contributed by atoms with van der Waals surface area (Å²) in [6.45, 7) is 2.96. The van der Waals surface area contributed by atoms with Crippen LogP contribution in [0.3, 0.4) is 0 Å². The second-order valence-corrected chi connectivity index (χ2v) is 6.44. The summed E-state index contributed by atoms with van der Waals surface area (Å²) in [7, 11) is 0. The zero-order valence-corrected chi connectivity index (χ0v) is 12.2. The van der Waals surface area contributed by atoms with Crippen LogP contribution in [0.2, 0.25) is 0 Å². The molecule has 4 nitrogen and oxygen atoms in total. The van der Waals surface area contributed by atoms with E-state index in [1.54, 1.807) is 11.3 Å². The molecule has 2 saturated heterocycles. The van der Waals surface area contributed by atoms with Gasteiger partial charge < -0.3 is 4.74 Å². The van der Waals surface area contributed by atoms with E-state index >= 15 is 0 Å². The second kappa shape index (κ2) is 5.31. The lowest BCUT2D eigenvalue weighted by molar-refractivity contribution is -0.0281. The summed E-state index contributed by atoms with van der Waals surface area (Å²) in [4.78, 5) is 2.58. The van der Waals surface area contributed by atoms with Crippen LogP contribution in [0.1, 0.15) is 24.4 Å². The van der Waals surface area contributed by atoms with Gasteiger partial charge in [-0.15, -0.1) is 0 Å². The molecular weight excluding hydrogens is 270 g/mol. The average molecular weight is 289 g/mol. The SMILES string of the molecule is c1cnn([C@H]2CN(Cc3ccsc3)[C@H]3CCCO[C@H]32)c1. The number of fused-ring (bicyclic) bond motifs is 1. The Morgan fingerprint density at radius 3 is 3.20 bits per heavy atom. The Morgan fingerprint density at radius 2 is 2.40 bits per heavy atom. The van der Waals surface area contributed by atoms with E-state index in [2.05, 4.69) is 37.7 Å². The molecule has 4 rings (SSSR count). The lowest BCUT2D eigenvalue weighted by Crippen LogP contribution is -2.40. The molecule has 0 aliphatic carbocycles. The number of ether oxygens (including phenoxy) is 1. The van der Waals surface area contributed by atoms with Crippen molar-refractivity contribution < 1.29 is 4.74 Å². The lowest BCUT2D eigenvalue weighted by atomic mass is 10.0. The van der Waals surface area contributed by atoms with E-state index in [0.717, 1.165) is 19.7 Å². The first kappa shape index (κ1) is 12.6. The Labute approximate surface area is 123 Å². The Kier molecular flexibility index (Phi) is 3.34. The summed E-state index contributed by atoms with van der Waals surface area (Å²) in [6, 6.07) is 5.12. The third-order valence-electron chi connectivity index (χ3n) is 4.43. The predicted molar refractivity (Wildman–Crippen MR) is 78.8 cm³/mol. The van der Waals surface area contributed by atoms with E-state index in [1.165, 1.54) is 18.4 Å². The smallest absolute Gasteiger partial charge is 0.0966 e. The molecule has 0 amide bonds. The van der Waals surface area contributed by atoms with Crippen LogP contribution in [0.4, 0.5) is 0 Å². The van der Waals surface area contributed by atoms with Crippen LogP contribution >= 0.6 is 11.3 Å². The summed E-state index contributed by atoms with van der Waals surface area (Å²) >= 11 is 1.78. The van der Waals surface area contributed by atoms with Crippen molar-refractivity contribution in [3.8, 4) is 0 Å². The van der Waals surface area contributed by atoms with Gasteiger partial charge in [-0.05, 0) is 41.3 Å². The summed E-state index contributed by atoms with van der Waals surface area (Å²) in [5, 5.41) is 8.84. The summed E-state index contributed by atoms with van der Waals surface area (Å²) in [5.41, 5.74) is 1.42. The number of thiophene rings is 1. The summed E-state index contributed by atoms with van der Waals surface area (Å²) in [6.07, 6.45) is 6.63. The maximum Gasteiger partial charge on any atom is 0.0966 e. The molecule has 5 heteroatoms. The molecule has 2 aromatic rings. The molecule has 2 aromatic heterocycles. The van der Waals surface area contributed by atoms with E-state index < -0.39 is 0 Å². The fraction of sp³-hybridized carbons (Fsp3) is 0.533. The maximum absolute atomic E-state index is 6.09. The Hall–Kier alpha value is -1.17. The van der Waals surface area contributed by atoms with Crippen molar-refractivity contribution in [2.24, 2.45) is 0 Å². The van der Waals surface area contributed by atoms with E-state index in [9.17, 15) is 0 Å². The van der Waals surface area contributed by atoms with Gasteiger partial charge in [0.05, 0.1) is 12.1 Å². The maximum atomic E-state index is 6.09. The molecule has 0 N–H and O–H groups in total. The molecule has 0 unspecified atom stereocenters. The predicted octanol–water partition coefficient (Wildman–Crippen LogP) is 2.55. The fourth-order valence-electron chi connectivity index (χ4n) is 3.53. The fourth-order valence-corrected chi connectivity index (χ4v) is 4.19. The molecule has 4 heterocycles. The van der Waals surface area contributed by atoms with Crippen LogP contribution in [-0.2, 0) is 11.3 Å². The largest absolute Gasteiger partial charge is 0.374 e. The molecule has 2 fully saturated rings. The summed E-state index contributed by atoms with van der Waals surface area (Å²) < 4.78 is 8.17. The first-order chi connectivity index (χ1) is 9.92. The van der Waals surface area contributed by atoms with Crippen molar-refractivity contribution in [2.75, 3.05) is 13.2 Å². The van der Waals surface area contributed by atoms with Gasteiger partial charge in [-0.25, -0.2) is 0 Å². The number of likely N-dealkylation sites (tertiary alicyclic amines) is 1. The van der Waals surface area contributed by atoms with Crippen LogP contribution < -0.4 is 0 Å². The van der Waals surface area contributed by atoms with Gasteiger partial charge in [0, 0.05) is 38.1 Å². The topological polar surface area (TPSA) is 30.3 Å². The first-order valence-electron chi connectivity index (χ1n) is 7.28. The Balaban J connectivity index is 1.57. The van der Waals surface area contributed by atoms with Crippen LogP contribution in [-0.4, -0.2) is 40.0 Å². The zero-order chi connectivity index (χ0) is 13.4. The van der Waals surface area contributed by atoms with Crippen LogP contribution in [0.25, 0.3) is 0 Å². The molecule has 2 aliphatic heterocycles. The molecule has 0 saturated carbocycles. The van der Waals surface area contributed by atoms with Gasteiger partial charge in [0.25, 0.3) is 0 Å². The van der Waals surface area contributed by atoms with Crippen LogP contribution in [0.15, 0.2) is 35.3 Å². The molecule has 106 valence electrons. The average Bonchev–Trinajstić information content (AvgIpc) is 3.19. The molecule has 20 heavy (non-hydrogen) atoms. The van der Waals surface area contributed by atoms with Gasteiger partial charge in [-0.2, -0.15) is 16.4 Å². The summed E-state index contributed by atoms with van der Waals surface area (Å²) in [5.74, 6) is 0. The highest BCUT2D eigenvalue weighted by atomic mass is 32.1. The van der Waals surface area contributed by atoms with E-state index in [0.29, 0.717) is 18.2 Å². The van der Waals surface area contributed by atoms with Crippen molar-refractivity contribution >= 4 is 11.3 Å². The minimum atomic E-state index is 0.294. The highest BCUT2D eigenvalue weighted by Crippen LogP contribution is 2.36. The van der Waals surface area contributed by atoms with Gasteiger partial charge in [-0.1, -0.05) is 0 Å². The van der Waals surface area contributed by atoms with Crippen molar-refractivity contribution in [2.45, 2.75) is 37.6 Å². The van der Waals surface area contributed by atoms with Gasteiger partial charge in [0.2, 0.25) is 0 Å². The van der Waals surface area contributed by atoms with Gasteiger partial charge >= 0.3 is 0 Å². The number of aromatic nitrogens is 2. The highest BCUT2D eigenvalue weighted by Gasteiger charge is 2.44. The third-order valence-corrected chi connectivity index (χ3v) is 5.17. The van der Waals surface area contributed by atoms with E-state index in [-0.39, 0.29) is 0 Å². The lowest BCUT2D eigenvalue weighted by Gasteiger charge is -2.32. The van der Waals surface area contributed by atoms with Crippen molar-refractivity contribution in [3.05, 3.63) is 40.8 Å². The van der Waals surface area contributed by atoms with E-state index in [4.69, 9.17) is 4.74 Å². The van der Waals surface area contributed by atoms with Crippen molar-refractivity contribution in [3.63, 3.8) is 0 Å². The van der Waals surface area contributed by atoms with Crippen LogP contribution in [0, 0.1) is 0 Å². The third kappa shape index (κ3) is 2.20. The molecule has 0 aromatic carbocycles. The molecule has 0 radical (unpaired) electrons. The van der Waals surface area contributed by atoms with Gasteiger partial charge in [0.1, 0.15) is 0 Å². The molecule has 3 atom stereocenters. The zero-order valence-electron chi connectivity index (χ0n) is 11.4. The van der Waals surface area contributed by atoms with Gasteiger partial charge in [0.15, 0.2) is 0 Å². The van der Waals surface area contributed by atoms with Gasteiger partial charge in [-0.3, -0.25) is 9.58 Å². The monoisotopic (exact) mass is 289 g/mol. The molecule has 0 bridgehead atoms. The highest BCUT2D eigenvalue weighted by molar-refractivity contribution is 7.07. The van der Waals surface area contributed by atoms with Crippen LogP contribution in [0.5, 0.6) is 0 Å². The quantitative estimate of drug-likeness (QED) is 0.870. The number of rotatable bonds is 3. The molecular formula is C15H19N3OS. The molecule has 2 aliphatic rings. The minimum absolute atomic E-state index is 0.294. The molecule has 0 spiro atoms. The van der Waals surface area contributed by atoms with Crippen molar-refractivity contribution in [1.82, 2.24) is 14.7 Å². The number of hydrogen-bond acceptors (Lipinski definition) is 4. The minimum Gasteiger partial charge on any atom is -0.374 e. The second-order valence-electron chi connectivity index (χ2n) is 5.66.